The van der Waals surface area contributed by atoms with E-state index in [9.17, 15) is 9.59 Å². The average molecular weight is 282 g/mol. The van der Waals surface area contributed by atoms with Crippen molar-refractivity contribution < 1.29 is 9.59 Å². The Labute approximate surface area is 126 Å². The van der Waals surface area contributed by atoms with Gasteiger partial charge in [0, 0.05) is 18.3 Å². The quantitative estimate of drug-likeness (QED) is 0.674. The maximum atomic E-state index is 12.3. The highest BCUT2D eigenvalue weighted by molar-refractivity contribution is 5.93. The number of allylic oxidation sites excluding steroid dienone is 6. The van der Waals surface area contributed by atoms with Crippen molar-refractivity contribution in [3.05, 3.63) is 34.9 Å². The molecule has 0 radical (unpaired) electrons. The van der Waals surface area contributed by atoms with Gasteiger partial charge >= 0.3 is 0 Å². The van der Waals surface area contributed by atoms with Gasteiger partial charge in [0.25, 0.3) is 0 Å². The second-order valence-electron chi connectivity index (χ2n) is 7.60. The van der Waals surface area contributed by atoms with E-state index in [1.807, 2.05) is 6.08 Å². The molecule has 0 heterocycles. The van der Waals surface area contributed by atoms with E-state index in [2.05, 4.69) is 26.0 Å². The Hall–Kier alpha value is -1.44. The number of hydrogen-bond acceptors (Lipinski definition) is 2. The van der Waals surface area contributed by atoms with Gasteiger partial charge in [-0.1, -0.05) is 24.6 Å². The van der Waals surface area contributed by atoms with E-state index in [1.165, 1.54) is 16.7 Å². The number of carbonyl (C=O) groups is 2. The Morgan fingerprint density at radius 1 is 1.05 bits per heavy atom. The van der Waals surface area contributed by atoms with Crippen molar-refractivity contribution in [2.75, 3.05) is 0 Å². The van der Waals surface area contributed by atoms with Crippen molar-refractivity contribution in [3.8, 4) is 0 Å². The molecular weight excluding hydrogens is 260 g/mol. The summed E-state index contributed by atoms with van der Waals surface area (Å²) in [4.78, 5) is 24.0. The molecule has 3 atom stereocenters. The summed E-state index contributed by atoms with van der Waals surface area (Å²) in [6.45, 7) is 4.46. The molecular formula is C19H22O2. The minimum absolute atomic E-state index is 0.0952. The van der Waals surface area contributed by atoms with Crippen LogP contribution in [0.1, 0.15) is 52.4 Å². The van der Waals surface area contributed by atoms with E-state index < -0.39 is 0 Å². The topological polar surface area (TPSA) is 34.1 Å². The van der Waals surface area contributed by atoms with Crippen LogP contribution in [-0.2, 0) is 9.59 Å². The highest BCUT2D eigenvalue weighted by Gasteiger charge is 2.52. The standard InChI is InChI=1S/C19H22O2/c1-18-9-7-13(20)11-12(18)3-4-14-15-5-6-17(21)19(15,2)10-8-16(14)18/h3-4,11,16H,5-10H2,1-2H3/t16-,18-,19-/m0/s1. The molecule has 0 aromatic rings. The second-order valence-corrected chi connectivity index (χ2v) is 7.60. The van der Waals surface area contributed by atoms with E-state index in [1.54, 1.807) is 0 Å². The monoisotopic (exact) mass is 282 g/mol. The van der Waals surface area contributed by atoms with E-state index >= 15 is 0 Å². The first kappa shape index (κ1) is 13.2. The zero-order chi connectivity index (χ0) is 14.8. The first-order valence-electron chi connectivity index (χ1n) is 8.15. The molecule has 110 valence electrons. The van der Waals surface area contributed by atoms with Crippen molar-refractivity contribution >= 4 is 11.6 Å². The summed E-state index contributed by atoms with van der Waals surface area (Å²) in [5.74, 6) is 1.19. The maximum Gasteiger partial charge on any atom is 0.156 e. The molecule has 0 aliphatic heterocycles. The summed E-state index contributed by atoms with van der Waals surface area (Å²) in [6, 6.07) is 0. The lowest BCUT2D eigenvalue weighted by atomic mass is 9.54. The zero-order valence-electron chi connectivity index (χ0n) is 12.9. The minimum Gasteiger partial charge on any atom is -0.299 e. The van der Waals surface area contributed by atoms with Crippen LogP contribution in [0.4, 0.5) is 0 Å². The second kappa shape index (κ2) is 4.06. The third-order valence-corrected chi connectivity index (χ3v) is 6.62. The predicted octanol–water partition coefficient (Wildman–Crippen LogP) is 3.93. The molecule has 0 N–H and O–H groups in total. The highest BCUT2D eigenvalue weighted by Crippen LogP contribution is 2.59. The summed E-state index contributed by atoms with van der Waals surface area (Å²) in [5, 5.41) is 0. The normalized spacial score (nSPS) is 41.6. The average Bonchev–Trinajstić information content (AvgIpc) is 2.76. The summed E-state index contributed by atoms with van der Waals surface area (Å²) in [6.07, 6.45) is 11.6. The lowest BCUT2D eigenvalue weighted by molar-refractivity contribution is -0.124. The molecule has 21 heavy (non-hydrogen) atoms. The summed E-state index contributed by atoms with van der Waals surface area (Å²) < 4.78 is 0. The molecule has 0 unspecified atom stereocenters. The van der Waals surface area contributed by atoms with Crippen molar-refractivity contribution in [3.63, 3.8) is 0 Å². The van der Waals surface area contributed by atoms with Crippen LogP contribution in [0.2, 0.25) is 0 Å². The van der Waals surface area contributed by atoms with Gasteiger partial charge in [-0.3, -0.25) is 9.59 Å². The van der Waals surface area contributed by atoms with Gasteiger partial charge in [-0.15, -0.1) is 0 Å². The smallest absolute Gasteiger partial charge is 0.156 e. The van der Waals surface area contributed by atoms with Gasteiger partial charge in [-0.25, -0.2) is 0 Å². The van der Waals surface area contributed by atoms with Crippen molar-refractivity contribution in [1.82, 2.24) is 0 Å². The Kier molecular flexibility index (Phi) is 2.56. The number of ketones is 2. The fourth-order valence-corrected chi connectivity index (χ4v) is 5.12. The van der Waals surface area contributed by atoms with Crippen LogP contribution in [0.15, 0.2) is 34.9 Å². The molecule has 1 fully saturated rings. The zero-order valence-corrected chi connectivity index (χ0v) is 12.9. The summed E-state index contributed by atoms with van der Waals surface area (Å²) in [7, 11) is 0. The molecule has 0 saturated heterocycles. The molecule has 4 rings (SSSR count). The first-order chi connectivity index (χ1) is 9.95. The van der Waals surface area contributed by atoms with Gasteiger partial charge in [0.2, 0.25) is 0 Å². The SMILES string of the molecule is C[C@]12CC[C@H]3C(=C1CCC2=O)C=CC1=CC(=O)CC[C@@]13C. The van der Waals surface area contributed by atoms with Gasteiger partial charge in [0.15, 0.2) is 5.78 Å². The first-order valence-corrected chi connectivity index (χ1v) is 8.15. The summed E-state index contributed by atoms with van der Waals surface area (Å²) in [5.41, 5.74) is 3.93. The largest absolute Gasteiger partial charge is 0.299 e. The molecule has 0 bridgehead atoms. The maximum absolute atomic E-state index is 12.3. The molecule has 0 amide bonds. The van der Waals surface area contributed by atoms with Crippen LogP contribution in [0.3, 0.4) is 0 Å². The molecule has 2 nitrogen and oxygen atoms in total. The fraction of sp³-hybridized carbons (Fsp3) is 0.579. The van der Waals surface area contributed by atoms with E-state index in [0.717, 1.165) is 25.7 Å². The van der Waals surface area contributed by atoms with Crippen LogP contribution in [0, 0.1) is 16.7 Å². The number of rotatable bonds is 0. The van der Waals surface area contributed by atoms with E-state index in [-0.39, 0.29) is 16.6 Å². The third kappa shape index (κ3) is 1.59. The van der Waals surface area contributed by atoms with Crippen LogP contribution >= 0.6 is 0 Å². The van der Waals surface area contributed by atoms with Crippen molar-refractivity contribution in [1.29, 1.82) is 0 Å². The highest BCUT2D eigenvalue weighted by atomic mass is 16.1. The minimum atomic E-state index is -0.196. The van der Waals surface area contributed by atoms with Crippen LogP contribution in [0.25, 0.3) is 0 Å². The van der Waals surface area contributed by atoms with E-state index in [4.69, 9.17) is 0 Å². The molecule has 1 saturated carbocycles. The Bertz CT molecular complexity index is 648. The van der Waals surface area contributed by atoms with Crippen molar-refractivity contribution in [2.45, 2.75) is 52.4 Å². The molecule has 4 aliphatic rings. The Morgan fingerprint density at radius 3 is 2.67 bits per heavy atom. The van der Waals surface area contributed by atoms with Crippen molar-refractivity contribution in [2.24, 2.45) is 16.7 Å². The predicted molar refractivity (Wildman–Crippen MR) is 81.7 cm³/mol. The number of carbonyl (C=O) groups excluding carboxylic acids is 2. The Balaban J connectivity index is 1.89. The number of Topliss-reactive ketones (excluding diaryl/α,β-unsaturated/α-hetero) is 1. The molecule has 2 heteroatoms. The van der Waals surface area contributed by atoms with Gasteiger partial charge < -0.3 is 0 Å². The summed E-state index contributed by atoms with van der Waals surface area (Å²) >= 11 is 0. The molecule has 0 spiro atoms. The molecule has 4 aliphatic carbocycles. The molecule has 0 aromatic heterocycles. The third-order valence-electron chi connectivity index (χ3n) is 6.62. The lowest BCUT2D eigenvalue weighted by Crippen LogP contribution is -2.41. The lowest BCUT2D eigenvalue weighted by Gasteiger charge is -2.49. The molecule has 0 aromatic carbocycles. The van der Waals surface area contributed by atoms with Gasteiger partial charge in [0.1, 0.15) is 5.78 Å². The van der Waals surface area contributed by atoms with Gasteiger partial charge in [0.05, 0.1) is 0 Å². The fourth-order valence-electron chi connectivity index (χ4n) is 5.12. The van der Waals surface area contributed by atoms with Crippen LogP contribution in [-0.4, -0.2) is 11.6 Å². The number of hydrogen-bond donors (Lipinski definition) is 0. The van der Waals surface area contributed by atoms with Crippen LogP contribution < -0.4 is 0 Å². The van der Waals surface area contributed by atoms with Crippen LogP contribution in [0.5, 0.6) is 0 Å². The van der Waals surface area contributed by atoms with Gasteiger partial charge in [-0.2, -0.15) is 0 Å². The Morgan fingerprint density at radius 2 is 1.86 bits per heavy atom. The van der Waals surface area contributed by atoms with E-state index in [0.29, 0.717) is 24.5 Å². The number of fused-ring (bicyclic) bond motifs is 4. The van der Waals surface area contributed by atoms with Gasteiger partial charge in [-0.05, 0) is 61.2 Å².